The molecule has 0 spiro atoms. The van der Waals surface area contributed by atoms with Gasteiger partial charge in [0.2, 0.25) is 33.5 Å². The van der Waals surface area contributed by atoms with E-state index in [1.165, 1.54) is 24.3 Å². The number of halogens is 1. The second-order valence-corrected chi connectivity index (χ2v) is 15.1. The van der Waals surface area contributed by atoms with E-state index in [-0.39, 0.29) is 37.0 Å². The van der Waals surface area contributed by atoms with E-state index >= 15 is 0 Å². The minimum absolute atomic E-state index is 0.000489. The average Bonchev–Trinajstić information content (AvgIpc) is 3.97. The van der Waals surface area contributed by atoms with Crippen molar-refractivity contribution in [3.63, 3.8) is 0 Å². The van der Waals surface area contributed by atoms with E-state index in [1.807, 2.05) is 0 Å². The number of carbonyl (C=O) groups is 3. The topological polar surface area (TPSA) is 191 Å². The van der Waals surface area contributed by atoms with Gasteiger partial charge in [0, 0.05) is 28.1 Å². The van der Waals surface area contributed by atoms with Crippen LogP contribution in [-0.4, -0.2) is 94.0 Å². The third-order valence-electron chi connectivity index (χ3n) is 8.84. The zero-order chi connectivity index (χ0) is 35.1. The Labute approximate surface area is 292 Å². The lowest BCUT2D eigenvalue weighted by molar-refractivity contribution is -0.140. The molecule has 2 saturated carbocycles. The molecular formula is C31H36ClN7O8S2. The Morgan fingerprint density at radius 3 is 2.67 bits per heavy atom. The van der Waals surface area contributed by atoms with Gasteiger partial charge in [-0.1, -0.05) is 17.7 Å². The van der Waals surface area contributed by atoms with Crippen LogP contribution in [0.4, 0.5) is 5.82 Å². The van der Waals surface area contributed by atoms with Gasteiger partial charge in [-0.05, 0) is 51.3 Å². The molecule has 3 amide bonds. The van der Waals surface area contributed by atoms with E-state index in [2.05, 4.69) is 35.7 Å². The number of anilines is 1. The number of hydrogen-bond donors (Lipinski definition) is 3. The first-order valence-corrected chi connectivity index (χ1v) is 18.4. The number of rotatable bonds is 14. The predicted octanol–water partition coefficient (Wildman–Crippen LogP) is 2.67. The summed E-state index contributed by atoms with van der Waals surface area (Å²) in [5.41, 5.74) is -1.52. The van der Waals surface area contributed by atoms with E-state index < -0.39 is 62.6 Å². The van der Waals surface area contributed by atoms with Gasteiger partial charge in [-0.3, -0.25) is 19.1 Å². The molecule has 262 valence electrons. The molecule has 3 N–H and O–H groups in total. The molecule has 49 heavy (non-hydrogen) atoms. The van der Waals surface area contributed by atoms with Crippen LogP contribution in [0.15, 0.2) is 37.1 Å². The molecule has 2 aliphatic carbocycles. The Balaban J connectivity index is 1.26. The minimum atomic E-state index is -3.88. The van der Waals surface area contributed by atoms with E-state index in [9.17, 15) is 22.8 Å². The van der Waals surface area contributed by atoms with Crippen molar-refractivity contribution in [3.05, 3.63) is 42.1 Å². The third kappa shape index (κ3) is 6.96. The summed E-state index contributed by atoms with van der Waals surface area (Å²) < 4.78 is 52.9. The molecule has 15 nitrogen and oxygen atoms in total. The number of nitrogens with zero attached hydrogens (tertiary/aromatic N) is 4. The van der Waals surface area contributed by atoms with Crippen molar-refractivity contribution in [1.82, 2.24) is 28.7 Å². The highest BCUT2D eigenvalue weighted by Gasteiger charge is 2.62. The number of sulfonamides is 1. The van der Waals surface area contributed by atoms with Crippen molar-refractivity contribution in [2.45, 2.75) is 68.5 Å². The van der Waals surface area contributed by atoms with Crippen LogP contribution < -0.4 is 29.6 Å². The number of fused-ring (bicyclic) bond motifs is 1. The molecule has 3 heterocycles. The fourth-order valence-electron chi connectivity index (χ4n) is 5.99. The van der Waals surface area contributed by atoms with Crippen LogP contribution in [0.5, 0.6) is 17.5 Å². The summed E-state index contributed by atoms with van der Waals surface area (Å²) in [6, 6.07) is 3.20. The molecule has 3 fully saturated rings. The summed E-state index contributed by atoms with van der Waals surface area (Å²) in [5.74, 6) is -1.15. The number of ether oxygens (including phenoxy) is 3. The molecule has 1 aromatic carbocycles. The van der Waals surface area contributed by atoms with Gasteiger partial charge in [0.05, 0.1) is 43.4 Å². The van der Waals surface area contributed by atoms with Gasteiger partial charge in [-0.15, -0.1) is 11.0 Å². The molecule has 6 rings (SSSR count). The van der Waals surface area contributed by atoms with Crippen molar-refractivity contribution in [2.24, 2.45) is 5.92 Å². The summed E-state index contributed by atoms with van der Waals surface area (Å²) in [6.07, 6.45) is 3.45. The lowest BCUT2D eigenvalue weighted by Gasteiger charge is -2.28. The molecule has 2 aromatic heterocycles. The van der Waals surface area contributed by atoms with Crippen LogP contribution in [0.25, 0.3) is 10.8 Å². The van der Waals surface area contributed by atoms with E-state index in [0.29, 0.717) is 41.0 Å². The third-order valence-corrected chi connectivity index (χ3v) is 11.4. The molecule has 5 atom stereocenters. The number of hydrogen-bond acceptors (Lipinski definition) is 13. The van der Waals surface area contributed by atoms with Gasteiger partial charge in [0.1, 0.15) is 29.5 Å². The number of aromatic nitrogens is 3. The fraction of sp³-hybridized carbons (Fsp3) is 0.484. The maximum absolute atomic E-state index is 14.1. The highest BCUT2D eigenvalue weighted by molar-refractivity contribution is 7.91. The number of nitrogens with one attached hydrogen (secondary N) is 3. The SMILES string of the molecule is C=C[C@@H]1C[C@]1(NC(=O)[C@@H]1C[C@@H](Oc2ncc(OC)c3cc(Cl)ccc23)CN1C(=O)C(C)Nc1nsnc1OCC)C(=O)NS(=O)(=O)C1CC1. The second kappa shape index (κ2) is 13.6. The summed E-state index contributed by atoms with van der Waals surface area (Å²) in [5, 5.41) is 6.94. The van der Waals surface area contributed by atoms with Crippen molar-refractivity contribution < 1.29 is 37.0 Å². The van der Waals surface area contributed by atoms with E-state index in [4.69, 9.17) is 25.8 Å². The Morgan fingerprint density at radius 2 is 2.00 bits per heavy atom. The zero-order valence-corrected chi connectivity index (χ0v) is 29.4. The summed E-state index contributed by atoms with van der Waals surface area (Å²) in [4.78, 5) is 47.3. The Kier molecular flexibility index (Phi) is 9.61. The molecule has 1 aliphatic heterocycles. The average molecular weight is 734 g/mol. The summed E-state index contributed by atoms with van der Waals surface area (Å²) in [6.45, 7) is 7.52. The minimum Gasteiger partial charge on any atom is -0.494 e. The maximum atomic E-state index is 14.1. The first-order valence-electron chi connectivity index (χ1n) is 15.7. The zero-order valence-electron chi connectivity index (χ0n) is 27.0. The van der Waals surface area contributed by atoms with E-state index in [0.717, 1.165) is 11.7 Å². The molecule has 0 radical (unpaired) electrons. The second-order valence-electron chi connectivity index (χ2n) is 12.2. The van der Waals surface area contributed by atoms with E-state index in [1.54, 1.807) is 32.0 Å². The number of methoxy groups -OCH3 is 1. The van der Waals surface area contributed by atoms with Crippen LogP contribution in [-0.2, 0) is 24.4 Å². The van der Waals surface area contributed by atoms with Crippen molar-refractivity contribution in [2.75, 3.05) is 25.6 Å². The number of benzene rings is 1. The van der Waals surface area contributed by atoms with Crippen molar-refractivity contribution in [1.29, 1.82) is 0 Å². The molecule has 0 bridgehead atoms. The normalized spacial score (nSPS) is 23.8. The largest absolute Gasteiger partial charge is 0.494 e. The lowest BCUT2D eigenvalue weighted by Crippen LogP contribution is -2.57. The van der Waals surface area contributed by atoms with Gasteiger partial charge in [0.15, 0.2) is 0 Å². The molecule has 3 aromatic rings. The van der Waals surface area contributed by atoms with Gasteiger partial charge < -0.3 is 29.7 Å². The number of likely N-dealkylation sites (tertiary alicyclic amines) is 1. The Hall–Kier alpha value is -4.22. The standard InChI is InChI=1S/C31H36ClN7O8S2/c1-5-17-13-31(17,30(42)38-49(43,44)20-8-9-20)35-26(40)23-12-19(47-27-21-10-7-18(32)11-22(21)24(45-4)14-33-27)15-39(23)29(41)16(3)34-25-28(46-6-2)37-48-36-25/h5,7,10-11,14,16-17,19-20,23H,1,6,8-9,12-13,15H2,2-4H3,(H,34,36)(H,35,40)(H,38,42)/t16?,17-,19-,23+,31-/m1/s1. The van der Waals surface area contributed by atoms with Crippen LogP contribution in [0.1, 0.15) is 39.5 Å². The molecule has 1 saturated heterocycles. The van der Waals surface area contributed by atoms with Gasteiger partial charge in [-0.25, -0.2) is 13.4 Å². The highest BCUT2D eigenvalue weighted by Crippen LogP contribution is 2.45. The number of amides is 3. The highest BCUT2D eigenvalue weighted by atomic mass is 35.5. The molecular weight excluding hydrogens is 698 g/mol. The van der Waals surface area contributed by atoms with Gasteiger partial charge >= 0.3 is 0 Å². The predicted molar refractivity (Wildman–Crippen MR) is 181 cm³/mol. The molecule has 1 unspecified atom stereocenters. The van der Waals surface area contributed by atoms with Crippen LogP contribution in [0.2, 0.25) is 5.02 Å². The number of pyridine rings is 1. The Bertz CT molecular complexity index is 1910. The first kappa shape index (κ1) is 34.6. The first-order chi connectivity index (χ1) is 23.4. The maximum Gasteiger partial charge on any atom is 0.270 e. The van der Waals surface area contributed by atoms with Gasteiger partial charge in [-0.2, -0.15) is 4.37 Å². The smallest absolute Gasteiger partial charge is 0.270 e. The van der Waals surface area contributed by atoms with Crippen LogP contribution >= 0.6 is 23.3 Å². The van der Waals surface area contributed by atoms with Crippen molar-refractivity contribution >= 4 is 67.7 Å². The quantitative estimate of drug-likeness (QED) is 0.206. The summed E-state index contributed by atoms with van der Waals surface area (Å²) >= 11 is 7.17. The van der Waals surface area contributed by atoms with Gasteiger partial charge in [0.25, 0.3) is 11.8 Å². The Morgan fingerprint density at radius 1 is 1.22 bits per heavy atom. The number of carbonyl (C=O) groups excluding carboxylic acids is 3. The van der Waals surface area contributed by atoms with Crippen molar-refractivity contribution in [3.8, 4) is 17.5 Å². The monoisotopic (exact) mass is 733 g/mol. The summed E-state index contributed by atoms with van der Waals surface area (Å²) in [7, 11) is -2.36. The molecule has 18 heteroatoms. The lowest BCUT2D eigenvalue weighted by atomic mass is 10.1. The van der Waals surface area contributed by atoms with Crippen LogP contribution in [0.3, 0.4) is 0 Å². The molecule has 3 aliphatic rings. The fourth-order valence-corrected chi connectivity index (χ4v) is 7.99. The van der Waals surface area contributed by atoms with Crippen LogP contribution in [0, 0.1) is 5.92 Å².